The number of amides is 7. The number of nitrogens with one attached hydrogen (secondary N) is 5. The molecule has 1 heterocycles. The highest BCUT2D eigenvalue weighted by molar-refractivity contribution is 6.00. The van der Waals surface area contributed by atoms with Crippen LogP contribution in [-0.2, 0) is 37.1 Å². The quantitative estimate of drug-likeness (QED) is 0.0453. The number of carbonyl (C=O) groups is 6. The lowest BCUT2D eigenvalue weighted by molar-refractivity contribution is -0.792. The van der Waals surface area contributed by atoms with Gasteiger partial charge >= 0.3 is 18.0 Å². The second-order valence-electron chi connectivity index (χ2n) is 13.5. The summed E-state index contributed by atoms with van der Waals surface area (Å²) in [6.07, 6.45) is 7.16. The predicted molar refractivity (Wildman–Crippen MR) is 202 cm³/mol. The normalized spacial score (nSPS) is 16.7. The Hall–Kier alpha value is -5.58. The standard InChI is InChI=1S/C38H51N7O9/c1-26(2)38(3,44-32(47)11-5-4-8-22-45(53)23-9-12-33(45)48)35(50)43-31(10-6-7-21-40-36(39)51)34(49)41-29-19-15-28(16-20-29)25-54-37(52)42-30-17-13-27(24-46)14-18-30/h6,9-10,12-20,26,31,46H,4-5,7-8,11,21-25H2,1-3H3,(H,41,49)(H,42,52)(H,43,50)(H,44,47)(H3,39,40,51)/b10-6+. The highest BCUT2D eigenvalue weighted by Gasteiger charge is 2.39. The average molecular weight is 750 g/mol. The van der Waals surface area contributed by atoms with Gasteiger partial charge in [-0.2, -0.15) is 0 Å². The van der Waals surface area contributed by atoms with E-state index in [1.165, 1.54) is 12.2 Å². The Balaban J connectivity index is 1.58. The van der Waals surface area contributed by atoms with Gasteiger partial charge in [-0.05, 0) is 80.0 Å². The lowest BCUT2D eigenvalue weighted by Gasteiger charge is -2.35. The van der Waals surface area contributed by atoms with Crippen LogP contribution in [0.25, 0.3) is 0 Å². The van der Waals surface area contributed by atoms with E-state index in [-0.39, 0.29) is 51.1 Å². The maximum absolute atomic E-state index is 13.7. The highest BCUT2D eigenvalue weighted by atomic mass is 16.6. The Labute approximate surface area is 314 Å². The molecule has 7 amide bonds. The number of quaternary nitrogens is 1. The number of benzene rings is 2. The summed E-state index contributed by atoms with van der Waals surface area (Å²) in [6, 6.07) is 11.3. The van der Waals surface area contributed by atoms with Gasteiger partial charge in [0.2, 0.25) is 11.8 Å². The largest absolute Gasteiger partial charge is 0.625 e. The number of hydrogen-bond donors (Lipinski definition) is 7. The molecule has 0 saturated carbocycles. The van der Waals surface area contributed by atoms with E-state index in [1.54, 1.807) is 81.5 Å². The smallest absolute Gasteiger partial charge is 0.411 e. The first-order chi connectivity index (χ1) is 25.6. The van der Waals surface area contributed by atoms with Crippen molar-refractivity contribution in [3.8, 4) is 0 Å². The molecule has 0 spiro atoms. The highest BCUT2D eigenvalue weighted by Crippen LogP contribution is 2.20. The Morgan fingerprint density at radius 2 is 1.63 bits per heavy atom. The molecule has 2 aromatic rings. The van der Waals surface area contributed by atoms with Crippen LogP contribution in [0.15, 0.2) is 72.8 Å². The molecule has 3 rings (SSSR count). The van der Waals surface area contributed by atoms with Crippen molar-refractivity contribution < 1.29 is 43.3 Å². The van der Waals surface area contributed by atoms with Gasteiger partial charge in [0.25, 0.3) is 5.91 Å². The fourth-order valence-electron chi connectivity index (χ4n) is 5.30. The molecule has 16 nitrogen and oxygen atoms in total. The number of hydroxylamine groups is 3. The zero-order valence-electron chi connectivity index (χ0n) is 30.9. The van der Waals surface area contributed by atoms with E-state index in [0.29, 0.717) is 48.2 Å². The minimum absolute atomic E-state index is 0.0477. The first kappa shape index (κ1) is 42.8. The summed E-state index contributed by atoms with van der Waals surface area (Å²) in [5, 5.41) is 35.0. The van der Waals surface area contributed by atoms with Gasteiger partial charge in [0, 0.05) is 30.4 Å². The summed E-state index contributed by atoms with van der Waals surface area (Å²) < 4.78 is 4.37. The van der Waals surface area contributed by atoms with Crippen molar-refractivity contribution in [3.63, 3.8) is 0 Å². The molecule has 0 fully saturated rings. The number of urea groups is 1. The summed E-state index contributed by atoms with van der Waals surface area (Å²) in [7, 11) is 0. The first-order valence-corrected chi connectivity index (χ1v) is 17.8. The second-order valence-corrected chi connectivity index (χ2v) is 13.5. The predicted octanol–water partition coefficient (Wildman–Crippen LogP) is 3.47. The third-order valence-electron chi connectivity index (χ3n) is 8.99. The third kappa shape index (κ3) is 13.4. The lowest BCUT2D eigenvalue weighted by atomic mass is 9.86. The maximum Gasteiger partial charge on any atom is 0.411 e. The van der Waals surface area contributed by atoms with Gasteiger partial charge in [-0.25, -0.2) is 14.4 Å². The Morgan fingerprint density at radius 3 is 2.22 bits per heavy atom. The summed E-state index contributed by atoms with van der Waals surface area (Å²) in [5.41, 5.74) is 5.97. The molecule has 1 aliphatic heterocycles. The van der Waals surface area contributed by atoms with Crippen molar-refractivity contribution in [3.05, 3.63) is 89.2 Å². The van der Waals surface area contributed by atoms with Crippen LogP contribution in [-0.4, -0.2) is 76.7 Å². The molecule has 3 atom stereocenters. The number of nitrogens with two attached hydrogens (primary N) is 1. The number of ether oxygens (including phenoxy) is 1. The van der Waals surface area contributed by atoms with Gasteiger partial charge < -0.3 is 42.1 Å². The first-order valence-electron chi connectivity index (χ1n) is 17.8. The van der Waals surface area contributed by atoms with E-state index in [1.807, 2.05) is 0 Å². The van der Waals surface area contributed by atoms with Crippen LogP contribution < -0.4 is 32.3 Å². The van der Waals surface area contributed by atoms with E-state index in [4.69, 9.17) is 15.6 Å². The van der Waals surface area contributed by atoms with Crippen LogP contribution in [0.3, 0.4) is 0 Å². The summed E-state index contributed by atoms with van der Waals surface area (Å²) in [6.45, 7) is 5.40. The van der Waals surface area contributed by atoms with Gasteiger partial charge in [-0.15, -0.1) is 0 Å². The van der Waals surface area contributed by atoms with Crippen LogP contribution in [0.5, 0.6) is 0 Å². The number of nitrogens with zero attached hydrogens (tertiary/aromatic N) is 1. The molecule has 1 aliphatic rings. The van der Waals surface area contributed by atoms with Crippen molar-refractivity contribution in [1.82, 2.24) is 16.0 Å². The van der Waals surface area contributed by atoms with Gasteiger partial charge in [0.05, 0.1) is 13.2 Å². The molecular weight excluding hydrogens is 698 g/mol. The molecule has 16 heteroatoms. The maximum atomic E-state index is 13.7. The van der Waals surface area contributed by atoms with Gasteiger partial charge in [0.15, 0.2) is 0 Å². The Bertz CT molecular complexity index is 1680. The molecule has 2 aromatic carbocycles. The molecule has 3 unspecified atom stereocenters. The summed E-state index contributed by atoms with van der Waals surface area (Å²) in [4.78, 5) is 75.3. The number of carbonyl (C=O) groups excluding carboxylic acids is 6. The SMILES string of the molecule is CC(C)C(C)(NC(=O)CCCCC[N+]1([O-])CC=CC1=O)C(=O)NC(/C=C/CCNC(N)=O)C(=O)Nc1ccc(COC(=O)Nc2ccc(CO)cc2)cc1. The summed E-state index contributed by atoms with van der Waals surface area (Å²) in [5.74, 6) is -2.41. The fraction of sp³-hybridized carbons (Fsp3) is 0.421. The third-order valence-corrected chi connectivity index (χ3v) is 8.99. The zero-order valence-corrected chi connectivity index (χ0v) is 30.9. The molecule has 8 N–H and O–H groups in total. The zero-order chi connectivity index (χ0) is 39.7. The minimum atomic E-state index is -1.40. The van der Waals surface area contributed by atoms with Crippen LogP contribution in [0.2, 0.25) is 0 Å². The van der Waals surface area contributed by atoms with E-state index < -0.39 is 46.1 Å². The molecule has 0 bridgehead atoms. The number of rotatable bonds is 20. The number of hydrogen-bond acceptors (Lipinski definition) is 9. The van der Waals surface area contributed by atoms with Gasteiger partial charge in [-0.3, -0.25) is 24.3 Å². The van der Waals surface area contributed by atoms with Gasteiger partial charge in [-0.1, -0.05) is 50.3 Å². The minimum Gasteiger partial charge on any atom is -0.625 e. The number of unbranched alkanes of at least 4 members (excludes halogenated alkanes) is 2. The van der Waals surface area contributed by atoms with Crippen molar-refractivity contribution in [2.45, 2.75) is 77.7 Å². The monoisotopic (exact) mass is 749 g/mol. The lowest BCUT2D eigenvalue weighted by Crippen LogP contribution is -2.62. The number of anilines is 2. The molecular formula is C38H51N7O9. The molecule has 0 radical (unpaired) electrons. The number of aliphatic hydroxyl groups is 1. The fourth-order valence-corrected chi connectivity index (χ4v) is 5.30. The van der Waals surface area contributed by atoms with Gasteiger partial charge in [0.1, 0.15) is 24.7 Å². The Morgan fingerprint density at radius 1 is 0.981 bits per heavy atom. The summed E-state index contributed by atoms with van der Waals surface area (Å²) >= 11 is 0. The van der Waals surface area contributed by atoms with E-state index >= 15 is 0 Å². The van der Waals surface area contributed by atoms with Crippen molar-refractivity contribution in [2.75, 3.05) is 30.3 Å². The number of primary amides is 1. The van der Waals surface area contributed by atoms with Crippen molar-refractivity contribution in [1.29, 1.82) is 0 Å². The topological polar surface area (TPSA) is 241 Å². The van der Waals surface area contributed by atoms with Crippen LogP contribution in [0.1, 0.15) is 64.0 Å². The number of aliphatic hydroxyl groups excluding tert-OH is 1. The molecule has 54 heavy (non-hydrogen) atoms. The Kier molecular flexibility index (Phi) is 16.3. The van der Waals surface area contributed by atoms with E-state index in [9.17, 15) is 34.0 Å². The molecule has 0 aromatic heterocycles. The molecule has 292 valence electrons. The van der Waals surface area contributed by atoms with Crippen molar-refractivity contribution >= 4 is 47.1 Å². The molecule has 0 aliphatic carbocycles. The van der Waals surface area contributed by atoms with E-state index in [0.717, 1.165) is 0 Å². The van der Waals surface area contributed by atoms with Crippen LogP contribution in [0.4, 0.5) is 21.0 Å². The van der Waals surface area contributed by atoms with Crippen LogP contribution in [0, 0.1) is 11.1 Å². The average Bonchev–Trinajstić information content (AvgIpc) is 3.47. The van der Waals surface area contributed by atoms with E-state index in [2.05, 4.69) is 26.6 Å². The molecule has 0 saturated heterocycles. The van der Waals surface area contributed by atoms with Crippen LogP contribution >= 0.6 is 0 Å². The second kappa shape index (κ2) is 20.6. The van der Waals surface area contributed by atoms with Crippen molar-refractivity contribution in [2.24, 2.45) is 11.7 Å².